The van der Waals surface area contributed by atoms with E-state index in [1.54, 1.807) is 23.5 Å². The molecule has 0 bridgehead atoms. The lowest BCUT2D eigenvalue weighted by Gasteiger charge is -1.92. The molecule has 2 heterocycles. The predicted molar refractivity (Wildman–Crippen MR) is 68.1 cm³/mol. The number of fused-ring (bicyclic) bond motifs is 1. The topological polar surface area (TPSA) is 63.3 Å². The van der Waals surface area contributed by atoms with Gasteiger partial charge >= 0.3 is 5.97 Å². The lowest BCUT2D eigenvalue weighted by Crippen LogP contribution is -1.96. The summed E-state index contributed by atoms with van der Waals surface area (Å²) in [4.78, 5) is 15.3. The highest BCUT2D eigenvalue weighted by Crippen LogP contribution is 2.21. The molecule has 90 valence electrons. The fraction of sp³-hybridized carbons (Fsp3) is 0.0769. The summed E-state index contributed by atoms with van der Waals surface area (Å²) in [5, 5.41) is 13.1. The highest BCUT2D eigenvalue weighted by atomic mass is 32.1. The van der Waals surface area contributed by atoms with Crippen molar-refractivity contribution in [2.24, 2.45) is 0 Å². The molecular formula is C13H9NO3S. The van der Waals surface area contributed by atoms with Crippen LogP contribution in [0.5, 0.6) is 0 Å². The van der Waals surface area contributed by atoms with Gasteiger partial charge in [-0.15, -0.1) is 0 Å². The number of hydrogen-bond acceptors (Lipinski definition) is 4. The Kier molecular flexibility index (Phi) is 2.60. The first-order valence-electron chi connectivity index (χ1n) is 5.37. The summed E-state index contributed by atoms with van der Waals surface area (Å²) in [6, 6.07) is 6.91. The van der Waals surface area contributed by atoms with E-state index >= 15 is 0 Å². The Balaban J connectivity index is 2.05. The first-order chi connectivity index (χ1) is 8.74. The number of thiophene rings is 1. The van der Waals surface area contributed by atoms with Crippen LogP contribution in [-0.4, -0.2) is 16.1 Å². The van der Waals surface area contributed by atoms with Crippen molar-refractivity contribution in [3.8, 4) is 0 Å². The van der Waals surface area contributed by atoms with E-state index in [1.807, 2.05) is 16.8 Å². The number of nitrogens with zero attached hydrogens (tertiary/aromatic N) is 1. The monoisotopic (exact) mass is 259 g/mol. The van der Waals surface area contributed by atoms with Crippen LogP contribution in [-0.2, 0) is 6.42 Å². The second kappa shape index (κ2) is 4.27. The number of aromatic carboxylic acids is 1. The van der Waals surface area contributed by atoms with E-state index in [1.165, 1.54) is 6.07 Å². The van der Waals surface area contributed by atoms with Gasteiger partial charge in [0, 0.05) is 0 Å². The van der Waals surface area contributed by atoms with Crippen LogP contribution in [0.25, 0.3) is 11.1 Å². The zero-order chi connectivity index (χ0) is 12.5. The van der Waals surface area contributed by atoms with Crippen LogP contribution in [0.4, 0.5) is 0 Å². The first kappa shape index (κ1) is 11.0. The van der Waals surface area contributed by atoms with Gasteiger partial charge in [0.1, 0.15) is 5.52 Å². The van der Waals surface area contributed by atoms with Crippen LogP contribution in [0.3, 0.4) is 0 Å². The molecule has 0 fully saturated rings. The van der Waals surface area contributed by atoms with E-state index in [0.29, 0.717) is 23.4 Å². The van der Waals surface area contributed by atoms with Gasteiger partial charge in [0.15, 0.2) is 11.5 Å². The Bertz CT molecular complexity index is 700. The maximum absolute atomic E-state index is 11.1. The quantitative estimate of drug-likeness (QED) is 0.784. The van der Waals surface area contributed by atoms with Crippen LogP contribution < -0.4 is 0 Å². The van der Waals surface area contributed by atoms with Crippen molar-refractivity contribution in [2.75, 3.05) is 0 Å². The number of aromatic nitrogens is 1. The fourth-order valence-corrected chi connectivity index (χ4v) is 2.48. The van der Waals surface area contributed by atoms with Gasteiger partial charge in [-0.05, 0) is 34.5 Å². The molecule has 0 amide bonds. The van der Waals surface area contributed by atoms with Gasteiger partial charge in [-0.3, -0.25) is 0 Å². The zero-order valence-corrected chi connectivity index (χ0v) is 10.1. The Morgan fingerprint density at radius 2 is 2.28 bits per heavy atom. The summed E-state index contributed by atoms with van der Waals surface area (Å²) >= 11 is 1.61. The van der Waals surface area contributed by atoms with Gasteiger partial charge in [0.25, 0.3) is 0 Å². The third-order valence-electron chi connectivity index (χ3n) is 2.63. The fourth-order valence-electron chi connectivity index (χ4n) is 1.81. The van der Waals surface area contributed by atoms with Crippen molar-refractivity contribution >= 4 is 28.4 Å². The van der Waals surface area contributed by atoms with Crippen molar-refractivity contribution in [1.29, 1.82) is 0 Å². The summed E-state index contributed by atoms with van der Waals surface area (Å²) in [6.45, 7) is 0. The Morgan fingerprint density at radius 3 is 3.00 bits per heavy atom. The standard InChI is InChI=1S/C13H9NO3S/c15-13(16)9-2-1-3-10-12(9)14-11(17-10)6-8-4-5-18-7-8/h1-5,7H,6H2,(H,15,16). The average molecular weight is 259 g/mol. The van der Waals surface area contributed by atoms with E-state index in [0.717, 1.165) is 5.56 Å². The molecule has 0 spiro atoms. The van der Waals surface area contributed by atoms with E-state index in [-0.39, 0.29) is 5.56 Å². The van der Waals surface area contributed by atoms with E-state index in [2.05, 4.69) is 4.98 Å². The number of carboxylic acids is 1. The minimum absolute atomic E-state index is 0.174. The van der Waals surface area contributed by atoms with E-state index in [9.17, 15) is 4.79 Å². The molecule has 1 N–H and O–H groups in total. The largest absolute Gasteiger partial charge is 0.478 e. The molecule has 0 radical (unpaired) electrons. The predicted octanol–water partition coefficient (Wildman–Crippen LogP) is 3.18. The minimum Gasteiger partial charge on any atom is -0.478 e. The lowest BCUT2D eigenvalue weighted by molar-refractivity contribution is 0.0699. The smallest absolute Gasteiger partial charge is 0.338 e. The molecule has 2 aromatic heterocycles. The summed E-state index contributed by atoms with van der Waals surface area (Å²) in [7, 11) is 0. The molecule has 0 unspecified atom stereocenters. The van der Waals surface area contributed by atoms with Gasteiger partial charge in [0.05, 0.1) is 12.0 Å². The molecule has 0 saturated carbocycles. The second-order valence-electron chi connectivity index (χ2n) is 3.87. The molecule has 18 heavy (non-hydrogen) atoms. The number of carbonyl (C=O) groups is 1. The molecule has 0 aliphatic carbocycles. The molecule has 3 rings (SSSR count). The second-order valence-corrected chi connectivity index (χ2v) is 4.65. The number of oxazole rings is 1. The highest BCUT2D eigenvalue weighted by molar-refractivity contribution is 7.07. The SMILES string of the molecule is O=C(O)c1cccc2oc(Cc3ccsc3)nc12. The number of rotatable bonds is 3. The third kappa shape index (κ3) is 1.89. The third-order valence-corrected chi connectivity index (χ3v) is 3.36. The number of hydrogen-bond donors (Lipinski definition) is 1. The van der Waals surface area contributed by atoms with E-state index in [4.69, 9.17) is 9.52 Å². The molecule has 0 atom stereocenters. The molecule has 4 nitrogen and oxygen atoms in total. The van der Waals surface area contributed by atoms with Crippen molar-refractivity contribution in [3.63, 3.8) is 0 Å². The van der Waals surface area contributed by atoms with Gasteiger partial charge in [-0.1, -0.05) is 6.07 Å². The van der Waals surface area contributed by atoms with Crippen molar-refractivity contribution in [2.45, 2.75) is 6.42 Å². The summed E-state index contributed by atoms with van der Waals surface area (Å²) in [5.41, 5.74) is 2.21. The van der Waals surface area contributed by atoms with Crippen LogP contribution in [0.15, 0.2) is 39.4 Å². The molecular weight excluding hydrogens is 250 g/mol. The summed E-state index contributed by atoms with van der Waals surface area (Å²) < 4.78 is 5.56. The number of carboxylic acid groups (broad SMARTS) is 1. The van der Waals surface area contributed by atoms with Gasteiger partial charge in [0.2, 0.25) is 0 Å². The Hall–Kier alpha value is -2.14. The maximum atomic E-state index is 11.1. The molecule has 1 aromatic carbocycles. The Labute approximate surface area is 107 Å². The molecule has 5 heteroatoms. The van der Waals surface area contributed by atoms with Crippen LogP contribution in [0.2, 0.25) is 0 Å². The van der Waals surface area contributed by atoms with Crippen LogP contribution in [0, 0.1) is 0 Å². The van der Waals surface area contributed by atoms with Crippen molar-refractivity contribution < 1.29 is 14.3 Å². The number of benzene rings is 1. The zero-order valence-electron chi connectivity index (χ0n) is 9.29. The highest BCUT2D eigenvalue weighted by Gasteiger charge is 2.14. The maximum Gasteiger partial charge on any atom is 0.338 e. The molecule has 0 saturated heterocycles. The van der Waals surface area contributed by atoms with Crippen molar-refractivity contribution in [1.82, 2.24) is 4.98 Å². The van der Waals surface area contributed by atoms with Crippen LogP contribution >= 0.6 is 11.3 Å². The van der Waals surface area contributed by atoms with Crippen molar-refractivity contribution in [3.05, 3.63) is 52.0 Å². The lowest BCUT2D eigenvalue weighted by atomic mass is 10.2. The molecule has 3 aromatic rings. The average Bonchev–Trinajstić information content (AvgIpc) is 2.96. The summed E-state index contributed by atoms with van der Waals surface area (Å²) in [5.74, 6) is -0.451. The van der Waals surface area contributed by atoms with Gasteiger partial charge in [-0.2, -0.15) is 11.3 Å². The molecule has 0 aliphatic rings. The number of para-hydroxylation sites is 1. The van der Waals surface area contributed by atoms with E-state index < -0.39 is 5.97 Å². The molecule has 0 aliphatic heterocycles. The first-order valence-corrected chi connectivity index (χ1v) is 6.31. The Morgan fingerprint density at radius 1 is 1.39 bits per heavy atom. The summed E-state index contributed by atoms with van der Waals surface area (Å²) in [6.07, 6.45) is 0.581. The van der Waals surface area contributed by atoms with Gasteiger partial charge < -0.3 is 9.52 Å². The van der Waals surface area contributed by atoms with Crippen LogP contribution in [0.1, 0.15) is 21.8 Å². The normalized spacial score (nSPS) is 10.9. The minimum atomic E-state index is -0.990. The van der Waals surface area contributed by atoms with Gasteiger partial charge in [-0.25, -0.2) is 9.78 Å².